The van der Waals surface area contributed by atoms with E-state index in [0.717, 1.165) is 52.8 Å². The van der Waals surface area contributed by atoms with Crippen LogP contribution < -0.4 is 0 Å². The molecule has 288 valence electrons. The van der Waals surface area contributed by atoms with Gasteiger partial charge in [0.2, 0.25) is 0 Å². The second kappa shape index (κ2) is 18.3. The number of benzene rings is 6. The molecule has 0 aliphatic rings. The van der Waals surface area contributed by atoms with Gasteiger partial charge in [-0.05, 0) is 125 Å². The number of rotatable bonds is 0. The Hall–Kier alpha value is -7.00. The van der Waals surface area contributed by atoms with E-state index in [-0.39, 0.29) is 0 Å². The maximum absolute atomic E-state index is 13.9. The standard InChI is InChI=1S/2C25H16F4/c1-15-4-11-20(16(2)14-15)12-9-18-5-7-19(8-6-18)10-13-21-24(28)22(26)17(3)23(27)25(21)29;1-15-4-5-20(14-16(15)2)11-10-18-6-8-19(9-7-18)12-13-21-24(28)22(26)17(3)23(27)25(21)29/h4-8,11,14H,1-3H3;4-9,14H,1-3H3. The predicted molar refractivity (Wildman–Crippen MR) is 211 cm³/mol. The van der Waals surface area contributed by atoms with Gasteiger partial charge < -0.3 is 0 Å². The van der Waals surface area contributed by atoms with Crippen molar-refractivity contribution < 1.29 is 35.1 Å². The molecular formula is C50H32F8. The molecular weight excluding hydrogens is 753 g/mol. The molecule has 0 amide bonds. The zero-order valence-electron chi connectivity index (χ0n) is 32.1. The predicted octanol–water partition coefficient (Wildman–Crippen LogP) is 11.9. The lowest BCUT2D eigenvalue weighted by molar-refractivity contribution is 0.442. The molecule has 0 heterocycles. The van der Waals surface area contributed by atoms with Crippen molar-refractivity contribution in [1.82, 2.24) is 0 Å². The van der Waals surface area contributed by atoms with Crippen LogP contribution in [0.15, 0.2) is 84.9 Å². The van der Waals surface area contributed by atoms with Crippen LogP contribution in [0, 0.1) is 135 Å². The third-order valence-corrected chi connectivity index (χ3v) is 8.98. The highest BCUT2D eigenvalue weighted by atomic mass is 19.2. The molecule has 58 heavy (non-hydrogen) atoms. The minimum Gasteiger partial charge on any atom is -0.203 e. The second-order valence-corrected chi connectivity index (χ2v) is 13.3. The van der Waals surface area contributed by atoms with Crippen LogP contribution in [0.2, 0.25) is 0 Å². The number of hydrogen-bond donors (Lipinski definition) is 0. The molecule has 0 atom stereocenters. The van der Waals surface area contributed by atoms with Gasteiger partial charge in [0.1, 0.15) is 11.1 Å². The molecule has 0 aromatic heterocycles. The summed E-state index contributed by atoms with van der Waals surface area (Å²) in [5.74, 6) is 9.90. The highest BCUT2D eigenvalue weighted by molar-refractivity contribution is 5.52. The Morgan fingerprint density at radius 1 is 0.293 bits per heavy atom. The van der Waals surface area contributed by atoms with Crippen LogP contribution in [0.4, 0.5) is 35.1 Å². The summed E-state index contributed by atoms with van der Waals surface area (Å²) in [4.78, 5) is 0. The molecule has 0 aliphatic carbocycles. The topological polar surface area (TPSA) is 0 Å². The Morgan fingerprint density at radius 3 is 1.02 bits per heavy atom. The molecule has 0 nitrogen and oxygen atoms in total. The van der Waals surface area contributed by atoms with E-state index >= 15 is 0 Å². The minimum atomic E-state index is -1.50. The normalized spacial score (nSPS) is 10.0. The van der Waals surface area contributed by atoms with Gasteiger partial charge in [-0.2, -0.15) is 0 Å². The summed E-state index contributed by atoms with van der Waals surface area (Å²) in [5, 5.41) is 0. The van der Waals surface area contributed by atoms with Gasteiger partial charge in [0, 0.05) is 44.5 Å². The third kappa shape index (κ3) is 9.86. The summed E-state index contributed by atoms with van der Waals surface area (Å²) in [7, 11) is 0. The lowest BCUT2D eigenvalue weighted by Crippen LogP contribution is -2.03. The van der Waals surface area contributed by atoms with Crippen molar-refractivity contribution in [3.05, 3.63) is 209 Å². The van der Waals surface area contributed by atoms with Gasteiger partial charge in [-0.15, -0.1) is 0 Å². The number of halogens is 8. The summed E-state index contributed by atoms with van der Waals surface area (Å²) in [6.07, 6.45) is 0. The Balaban J connectivity index is 0.000000221. The van der Waals surface area contributed by atoms with Crippen molar-refractivity contribution in [2.24, 2.45) is 0 Å². The van der Waals surface area contributed by atoms with Crippen LogP contribution in [0.3, 0.4) is 0 Å². The van der Waals surface area contributed by atoms with Gasteiger partial charge in [-0.3, -0.25) is 0 Å². The summed E-state index contributed by atoms with van der Waals surface area (Å²) >= 11 is 0. The Kier molecular flexibility index (Phi) is 13.3. The maximum Gasteiger partial charge on any atom is 0.177 e. The van der Waals surface area contributed by atoms with Crippen molar-refractivity contribution in [3.8, 4) is 47.4 Å². The van der Waals surface area contributed by atoms with Gasteiger partial charge in [0.05, 0.1) is 0 Å². The number of aryl methyl sites for hydroxylation is 4. The largest absolute Gasteiger partial charge is 0.203 e. The van der Waals surface area contributed by atoms with Crippen LogP contribution in [-0.2, 0) is 0 Å². The van der Waals surface area contributed by atoms with Crippen molar-refractivity contribution >= 4 is 0 Å². The van der Waals surface area contributed by atoms with Crippen LogP contribution in [-0.4, -0.2) is 0 Å². The summed E-state index contributed by atoms with van der Waals surface area (Å²) in [5.41, 5.74) is 5.48. The van der Waals surface area contributed by atoms with Gasteiger partial charge in [-0.1, -0.05) is 71.1 Å². The fraction of sp³-hybridized carbons (Fsp3) is 0.120. The molecule has 6 rings (SSSR count). The molecule has 0 unspecified atom stereocenters. The lowest BCUT2D eigenvalue weighted by Gasteiger charge is -2.04. The van der Waals surface area contributed by atoms with E-state index < -0.39 is 68.8 Å². The molecule has 8 heteroatoms. The van der Waals surface area contributed by atoms with Crippen molar-refractivity contribution in [1.29, 1.82) is 0 Å². The zero-order chi connectivity index (χ0) is 42.3. The SMILES string of the molecule is Cc1ccc(C#Cc2ccc(C#Cc3c(F)c(F)c(C)c(F)c3F)cc2)c(C)c1.Cc1ccc(C#Cc2ccc(C#Cc3c(F)c(F)c(C)c(F)c3F)cc2)cc1C. The monoisotopic (exact) mass is 784 g/mol. The molecule has 0 radical (unpaired) electrons. The summed E-state index contributed by atoms with van der Waals surface area (Å²) < 4.78 is 110. The summed E-state index contributed by atoms with van der Waals surface area (Å²) in [6.45, 7) is 9.98. The van der Waals surface area contributed by atoms with Crippen molar-refractivity contribution in [2.75, 3.05) is 0 Å². The van der Waals surface area contributed by atoms with E-state index in [0.29, 0.717) is 11.1 Å². The van der Waals surface area contributed by atoms with Gasteiger partial charge in [-0.25, -0.2) is 35.1 Å². The first kappa shape index (κ1) is 42.1. The average Bonchev–Trinajstić information content (AvgIpc) is 3.22. The van der Waals surface area contributed by atoms with E-state index in [2.05, 4.69) is 53.4 Å². The maximum atomic E-state index is 13.9. The molecule has 0 N–H and O–H groups in total. The van der Waals surface area contributed by atoms with Crippen molar-refractivity contribution in [2.45, 2.75) is 41.5 Å². The first-order valence-electron chi connectivity index (χ1n) is 17.6. The number of hydrogen-bond acceptors (Lipinski definition) is 0. The van der Waals surface area contributed by atoms with E-state index in [1.165, 1.54) is 5.56 Å². The minimum absolute atomic E-state index is 0.432. The van der Waals surface area contributed by atoms with E-state index in [1.807, 2.05) is 58.0 Å². The quantitative estimate of drug-likeness (QED) is 0.0818. The van der Waals surface area contributed by atoms with E-state index in [4.69, 9.17) is 0 Å². The highest BCUT2D eigenvalue weighted by Crippen LogP contribution is 2.24. The van der Waals surface area contributed by atoms with Gasteiger partial charge in [0.25, 0.3) is 0 Å². The molecule has 0 aliphatic heterocycles. The van der Waals surface area contributed by atoms with E-state index in [9.17, 15) is 35.1 Å². The first-order chi connectivity index (χ1) is 27.5. The Bertz CT molecular complexity index is 2760. The molecule has 0 saturated carbocycles. The zero-order valence-corrected chi connectivity index (χ0v) is 32.1. The second-order valence-electron chi connectivity index (χ2n) is 13.3. The fourth-order valence-corrected chi connectivity index (χ4v) is 5.30. The fourth-order valence-electron chi connectivity index (χ4n) is 5.30. The molecule has 6 aromatic rings. The van der Waals surface area contributed by atoms with Crippen LogP contribution in [0.25, 0.3) is 0 Å². The van der Waals surface area contributed by atoms with Gasteiger partial charge >= 0.3 is 0 Å². The Labute approximate surface area is 332 Å². The molecule has 0 fully saturated rings. The Morgan fingerprint density at radius 2 is 0.638 bits per heavy atom. The molecule has 0 bridgehead atoms. The smallest absolute Gasteiger partial charge is 0.177 e. The van der Waals surface area contributed by atoms with E-state index in [1.54, 1.807) is 48.5 Å². The molecule has 6 aromatic carbocycles. The van der Waals surface area contributed by atoms with Crippen LogP contribution in [0.1, 0.15) is 77.9 Å². The molecule has 0 saturated heterocycles. The summed E-state index contributed by atoms with van der Waals surface area (Å²) in [6, 6.07) is 25.3. The van der Waals surface area contributed by atoms with Gasteiger partial charge in [0.15, 0.2) is 46.5 Å². The van der Waals surface area contributed by atoms with Crippen LogP contribution in [0.5, 0.6) is 0 Å². The van der Waals surface area contributed by atoms with Crippen LogP contribution >= 0.6 is 0 Å². The third-order valence-electron chi connectivity index (χ3n) is 8.98. The first-order valence-corrected chi connectivity index (χ1v) is 17.6. The lowest BCUT2D eigenvalue weighted by atomic mass is 10.1. The highest BCUT2D eigenvalue weighted by Gasteiger charge is 2.23. The average molecular weight is 785 g/mol. The molecule has 0 spiro atoms. The van der Waals surface area contributed by atoms with Crippen molar-refractivity contribution in [3.63, 3.8) is 0 Å².